The average Bonchev–Trinajstić information content (AvgIpc) is 2.72. The van der Waals surface area contributed by atoms with Crippen molar-refractivity contribution in [2.24, 2.45) is 0 Å². The molecule has 0 N–H and O–H groups in total. The SMILES string of the molecule is COc1ccc(C(=O)[C@@H](C)OC(=O)c2cc(S(=O)(=O)N(C)C)ccc2Cl)c(OC)c1. The molecule has 2 aromatic carbocycles. The highest BCUT2D eigenvalue weighted by Crippen LogP contribution is 2.27. The zero-order valence-electron chi connectivity index (χ0n) is 17.1. The fraction of sp³-hybridized carbons (Fsp3) is 0.300. The fourth-order valence-corrected chi connectivity index (χ4v) is 3.65. The molecular formula is C20H22ClNO7S. The van der Waals surface area contributed by atoms with Gasteiger partial charge in [0.15, 0.2) is 6.10 Å². The number of nitrogens with zero attached hydrogens (tertiary/aromatic N) is 1. The molecule has 0 fully saturated rings. The molecule has 0 spiro atoms. The van der Waals surface area contributed by atoms with Gasteiger partial charge in [-0.3, -0.25) is 4.79 Å². The molecule has 0 saturated heterocycles. The van der Waals surface area contributed by atoms with Crippen LogP contribution >= 0.6 is 11.6 Å². The van der Waals surface area contributed by atoms with Crippen LogP contribution in [0.25, 0.3) is 0 Å². The van der Waals surface area contributed by atoms with Crippen molar-refractivity contribution < 1.29 is 32.2 Å². The number of methoxy groups -OCH3 is 2. The molecule has 1 atom stereocenters. The summed E-state index contributed by atoms with van der Waals surface area (Å²) in [5.41, 5.74) is 0.0366. The van der Waals surface area contributed by atoms with Crippen LogP contribution in [0.4, 0.5) is 0 Å². The molecule has 2 rings (SSSR count). The van der Waals surface area contributed by atoms with Gasteiger partial charge in [0.2, 0.25) is 15.8 Å². The van der Waals surface area contributed by atoms with Crippen LogP contribution < -0.4 is 9.47 Å². The van der Waals surface area contributed by atoms with Gasteiger partial charge in [-0.2, -0.15) is 0 Å². The van der Waals surface area contributed by atoms with Crippen molar-refractivity contribution >= 4 is 33.4 Å². The summed E-state index contributed by atoms with van der Waals surface area (Å²) in [7, 11) is 1.83. The fourth-order valence-electron chi connectivity index (χ4n) is 2.53. The number of hydrogen-bond donors (Lipinski definition) is 0. The van der Waals surface area contributed by atoms with E-state index >= 15 is 0 Å². The summed E-state index contributed by atoms with van der Waals surface area (Å²) in [4.78, 5) is 25.2. The van der Waals surface area contributed by atoms with Crippen LogP contribution in [0.1, 0.15) is 27.6 Å². The highest BCUT2D eigenvalue weighted by Gasteiger charge is 2.26. The van der Waals surface area contributed by atoms with E-state index in [2.05, 4.69) is 0 Å². The van der Waals surface area contributed by atoms with Gasteiger partial charge in [0.05, 0.1) is 35.3 Å². The first-order valence-corrected chi connectivity index (χ1v) is 10.5. The minimum atomic E-state index is -3.78. The molecular weight excluding hydrogens is 434 g/mol. The summed E-state index contributed by atoms with van der Waals surface area (Å²) >= 11 is 6.05. The second kappa shape index (κ2) is 9.46. The summed E-state index contributed by atoms with van der Waals surface area (Å²) in [5.74, 6) is -0.668. The van der Waals surface area contributed by atoms with Gasteiger partial charge in [0, 0.05) is 20.2 Å². The van der Waals surface area contributed by atoms with Gasteiger partial charge < -0.3 is 14.2 Å². The first-order chi connectivity index (χ1) is 14.0. The molecule has 0 bridgehead atoms. The van der Waals surface area contributed by atoms with Crippen molar-refractivity contribution in [2.75, 3.05) is 28.3 Å². The zero-order valence-corrected chi connectivity index (χ0v) is 18.7. The maximum Gasteiger partial charge on any atom is 0.340 e. The van der Waals surface area contributed by atoms with E-state index in [0.717, 1.165) is 10.4 Å². The van der Waals surface area contributed by atoms with Crippen LogP contribution in [0.2, 0.25) is 5.02 Å². The summed E-state index contributed by atoms with van der Waals surface area (Å²) in [6.45, 7) is 1.40. The van der Waals surface area contributed by atoms with Crippen LogP contribution in [0.5, 0.6) is 11.5 Å². The number of esters is 1. The van der Waals surface area contributed by atoms with Crippen molar-refractivity contribution in [1.29, 1.82) is 0 Å². The lowest BCUT2D eigenvalue weighted by molar-refractivity contribution is 0.0317. The molecule has 0 aliphatic rings. The smallest absolute Gasteiger partial charge is 0.340 e. The van der Waals surface area contributed by atoms with Crippen molar-refractivity contribution in [3.05, 3.63) is 52.5 Å². The van der Waals surface area contributed by atoms with Crippen molar-refractivity contribution in [1.82, 2.24) is 4.31 Å². The van der Waals surface area contributed by atoms with Gasteiger partial charge in [-0.1, -0.05) is 11.6 Å². The first kappa shape index (κ1) is 23.7. The largest absolute Gasteiger partial charge is 0.497 e. The Kier molecular flexibility index (Phi) is 7.46. The number of carbonyl (C=O) groups excluding carboxylic acids is 2. The van der Waals surface area contributed by atoms with E-state index in [1.165, 1.54) is 59.5 Å². The lowest BCUT2D eigenvalue weighted by Gasteiger charge is -2.16. The van der Waals surface area contributed by atoms with Crippen LogP contribution in [-0.4, -0.2) is 58.9 Å². The van der Waals surface area contributed by atoms with E-state index in [-0.39, 0.29) is 26.8 Å². The maximum atomic E-state index is 12.8. The number of carbonyl (C=O) groups is 2. The van der Waals surface area contributed by atoms with Gasteiger partial charge in [-0.25, -0.2) is 17.5 Å². The van der Waals surface area contributed by atoms with Crippen molar-refractivity contribution in [3.63, 3.8) is 0 Å². The molecule has 8 nitrogen and oxygen atoms in total. The molecule has 0 heterocycles. The van der Waals surface area contributed by atoms with Gasteiger partial charge >= 0.3 is 5.97 Å². The third-order valence-corrected chi connectivity index (χ3v) is 6.40. The minimum Gasteiger partial charge on any atom is -0.497 e. The second-order valence-electron chi connectivity index (χ2n) is 6.41. The third kappa shape index (κ3) is 4.92. The lowest BCUT2D eigenvalue weighted by Crippen LogP contribution is -2.26. The Morgan fingerprint density at radius 3 is 2.23 bits per heavy atom. The number of ether oxygens (including phenoxy) is 3. The Bertz CT molecular complexity index is 1070. The quantitative estimate of drug-likeness (QED) is 0.445. The minimum absolute atomic E-state index is 0.000571. The first-order valence-electron chi connectivity index (χ1n) is 8.72. The summed E-state index contributed by atoms with van der Waals surface area (Å²) in [6, 6.07) is 8.30. The number of sulfonamides is 1. The van der Waals surface area contributed by atoms with E-state index in [9.17, 15) is 18.0 Å². The van der Waals surface area contributed by atoms with Crippen LogP contribution in [-0.2, 0) is 14.8 Å². The van der Waals surface area contributed by atoms with Gasteiger partial charge in [-0.15, -0.1) is 0 Å². The number of hydrogen-bond acceptors (Lipinski definition) is 7. The number of rotatable bonds is 8. The van der Waals surface area contributed by atoms with Gasteiger partial charge in [0.1, 0.15) is 11.5 Å². The highest BCUT2D eigenvalue weighted by molar-refractivity contribution is 7.89. The molecule has 0 radical (unpaired) electrons. The second-order valence-corrected chi connectivity index (χ2v) is 8.97. The van der Waals surface area contributed by atoms with E-state index in [0.29, 0.717) is 5.75 Å². The average molecular weight is 456 g/mol. The Morgan fingerprint density at radius 2 is 1.67 bits per heavy atom. The molecule has 0 saturated carbocycles. The zero-order chi connectivity index (χ0) is 22.6. The maximum absolute atomic E-state index is 12.8. The van der Waals surface area contributed by atoms with E-state index in [4.69, 9.17) is 25.8 Å². The standard InChI is InChI=1S/C20H22ClNO7S/c1-12(19(23)15-8-6-13(27-4)10-18(15)28-5)29-20(24)16-11-14(7-9-17(16)21)30(25,26)22(2)3/h6-12H,1-5H3/t12-/m1/s1. The third-order valence-electron chi connectivity index (χ3n) is 4.26. The Balaban J connectivity index is 2.29. The lowest BCUT2D eigenvalue weighted by atomic mass is 10.1. The normalized spacial score (nSPS) is 12.4. The number of halogens is 1. The van der Waals surface area contributed by atoms with Gasteiger partial charge in [-0.05, 0) is 37.3 Å². The van der Waals surface area contributed by atoms with E-state index < -0.39 is 27.9 Å². The number of benzene rings is 2. The monoisotopic (exact) mass is 455 g/mol. The predicted molar refractivity (Wildman–Crippen MR) is 111 cm³/mol. The Labute approximate surface area is 180 Å². The molecule has 30 heavy (non-hydrogen) atoms. The van der Waals surface area contributed by atoms with Crippen LogP contribution in [0.15, 0.2) is 41.3 Å². The summed E-state index contributed by atoms with van der Waals surface area (Å²) in [6.07, 6.45) is -1.18. The molecule has 0 aromatic heterocycles. The molecule has 0 unspecified atom stereocenters. The molecule has 0 aliphatic heterocycles. The van der Waals surface area contributed by atoms with Crippen LogP contribution in [0, 0.1) is 0 Å². The molecule has 0 aliphatic carbocycles. The van der Waals surface area contributed by atoms with Gasteiger partial charge in [0.25, 0.3) is 0 Å². The van der Waals surface area contributed by atoms with Crippen molar-refractivity contribution in [2.45, 2.75) is 17.9 Å². The Morgan fingerprint density at radius 1 is 1.00 bits per heavy atom. The predicted octanol–water partition coefficient (Wildman–Crippen LogP) is 3.04. The molecule has 2 aromatic rings. The van der Waals surface area contributed by atoms with E-state index in [1.54, 1.807) is 6.07 Å². The molecule has 162 valence electrons. The summed E-state index contributed by atoms with van der Waals surface area (Å²) < 4.78 is 41.2. The Hall–Kier alpha value is -2.62. The number of Topliss-reactive ketones (excluding diaryl/α,β-unsaturated/α-hetero) is 1. The highest BCUT2D eigenvalue weighted by atomic mass is 35.5. The molecule has 0 amide bonds. The van der Waals surface area contributed by atoms with E-state index in [1.807, 2.05) is 0 Å². The number of ketones is 1. The van der Waals surface area contributed by atoms with Crippen LogP contribution in [0.3, 0.4) is 0 Å². The summed E-state index contributed by atoms with van der Waals surface area (Å²) in [5, 5.41) is -0.000571. The molecule has 10 heteroatoms. The topological polar surface area (TPSA) is 99.2 Å². The van der Waals surface area contributed by atoms with Crippen molar-refractivity contribution in [3.8, 4) is 11.5 Å².